The second kappa shape index (κ2) is 8.37. The summed E-state index contributed by atoms with van der Waals surface area (Å²) >= 11 is 0. The van der Waals surface area contributed by atoms with Crippen LogP contribution in [-0.4, -0.2) is 59.5 Å². The highest BCUT2D eigenvalue weighted by Crippen LogP contribution is 2.20. The van der Waals surface area contributed by atoms with E-state index >= 15 is 0 Å². The molecule has 2 fully saturated rings. The van der Waals surface area contributed by atoms with Crippen molar-refractivity contribution in [1.82, 2.24) is 9.80 Å². The van der Waals surface area contributed by atoms with Gasteiger partial charge in [-0.3, -0.25) is 14.5 Å². The number of likely N-dealkylation sites (tertiary alicyclic amines) is 2. The van der Waals surface area contributed by atoms with Gasteiger partial charge in [-0.1, -0.05) is 19.3 Å². The zero-order valence-corrected chi connectivity index (χ0v) is 12.9. The molecule has 5 nitrogen and oxygen atoms in total. The van der Waals surface area contributed by atoms with Gasteiger partial charge in [-0.05, 0) is 44.7 Å². The van der Waals surface area contributed by atoms with Gasteiger partial charge in [0.15, 0.2) is 0 Å². The van der Waals surface area contributed by atoms with E-state index in [1.165, 1.54) is 19.3 Å². The van der Waals surface area contributed by atoms with E-state index in [0.717, 1.165) is 51.9 Å². The third-order valence-electron chi connectivity index (χ3n) is 4.74. The number of hydrogen-bond acceptors (Lipinski definition) is 3. The molecule has 0 unspecified atom stereocenters. The first kappa shape index (κ1) is 16.3. The third-order valence-corrected chi connectivity index (χ3v) is 4.74. The van der Waals surface area contributed by atoms with E-state index in [2.05, 4.69) is 4.90 Å². The number of nitrogens with zero attached hydrogens (tertiary/aromatic N) is 2. The fraction of sp³-hybridized carbons (Fsp3) is 0.875. The topological polar surface area (TPSA) is 60.9 Å². The highest BCUT2D eigenvalue weighted by molar-refractivity contribution is 5.78. The molecule has 0 spiro atoms. The van der Waals surface area contributed by atoms with Crippen LogP contribution in [0.3, 0.4) is 0 Å². The Kier molecular flexibility index (Phi) is 6.49. The van der Waals surface area contributed by atoms with Crippen LogP contribution in [0.25, 0.3) is 0 Å². The second-order valence-electron chi connectivity index (χ2n) is 6.47. The summed E-state index contributed by atoms with van der Waals surface area (Å²) in [6, 6.07) is 0. The Morgan fingerprint density at radius 2 is 1.48 bits per heavy atom. The first-order chi connectivity index (χ1) is 10.1. The molecule has 21 heavy (non-hydrogen) atoms. The molecular weight excluding hydrogens is 268 g/mol. The summed E-state index contributed by atoms with van der Waals surface area (Å²) in [4.78, 5) is 27.3. The number of hydrogen-bond donors (Lipinski definition) is 1. The molecule has 0 bridgehead atoms. The predicted molar refractivity (Wildman–Crippen MR) is 81.1 cm³/mol. The lowest BCUT2D eigenvalue weighted by atomic mass is 9.93. The van der Waals surface area contributed by atoms with Gasteiger partial charge >= 0.3 is 5.97 Å². The van der Waals surface area contributed by atoms with Crippen molar-refractivity contribution in [1.29, 1.82) is 0 Å². The van der Waals surface area contributed by atoms with Crippen molar-refractivity contribution in [2.45, 2.75) is 51.4 Å². The van der Waals surface area contributed by atoms with Gasteiger partial charge in [0.05, 0.1) is 6.54 Å². The molecule has 0 radical (unpaired) electrons. The lowest BCUT2D eigenvalue weighted by Crippen LogP contribution is -2.44. The smallest absolute Gasteiger partial charge is 0.303 e. The molecule has 0 atom stereocenters. The van der Waals surface area contributed by atoms with Crippen molar-refractivity contribution < 1.29 is 14.7 Å². The van der Waals surface area contributed by atoms with E-state index < -0.39 is 5.97 Å². The summed E-state index contributed by atoms with van der Waals surface area (Å²) in [5, 5.41) is 8.82. The summed E-state index contributed by atoms with van der Waals surface area (Å²) in [7, 11) is 0. The lowest BCUT2D eigenvalue weighted by Gasteiger charge is -2.33. The van der Waals surface area contributed by atoms with E-state index in [1.54, 1.807) is 0 Å². The average molecular weight is 296 g/mol. The van der Waals surface area contributed by atoms with Gasteiger partial charge in [0.2, 0.25) is 5.91 Å². The average Bonchev–Trinajstić information content (AvgIpc) is 2.40. The Bertz CT molecular complexity index is 343. The Labute approximate surface area is 127 Å². The molecule has 1 N–H and O–H groups in total. The summed E-state index contributed by atoms with van der Waals surface area (Å²) in [5.74, 6) is -0.158. The molecule has 0 aliphatic carbocycles. The van der Waals surface area contributed by atoms with Crippen molar-refractivity contribution in [3.8, 4) is 0 Å². The van der Waals surface area contributed by atoms with Gasteiger partial charge < -0.3 is 10.0 Å². The van der Waals surface area contributed by atoms with E-state index in [0.29, 0.717) is 6.54 Å². The molecule has 0 saturated carbocycles. The van der Waals surface area contributed by atoms with Gasteiger partial charge in [-0.15, -0.1) is 0 Å². The van der Waals surface area contributed by atoms with Crippen molar-refractivity contribution in [2.24, 2.45) is 5.92 Å². The van der Waals surface area contributed by atoms with Crippen LogP contribution < -0.4 is 0 Å². The zero-order valence-electron chi connectivity index (χ0n) is 12.9. The maximum atomic E-state index is 12.4. The minimum absolute atomic E-state index is 0.258. The minimum atomic E-state index is -0.704. The lowest BCUT2D eigenvalue weighted by molar-refractivity contribution is -0.139. The van der Waals surface area contributed by atoms with Crippen molar-refractivity contribution in [3.63, 3.8) is 0 Å². The van der Waals surface area contributed by atoms with Gasteiger partial charge in [0.1, 0.15) is 0 Å². The normalized spacial score (nSPS) is 22.6. The maximum absolute atomic E-state index is 12.4. The van der Waals surface area contributed by atoms with E-state index in [-0.39, 0.29) is 18.2 Å². The Morgan fingerprint density at radius 3 is 2.05 bits per heavy atom. The Morgan fingerprint density at radius 1 is 0.905 bits per heavy atom. The third kappa shape index (κ3) is 5.65. The van der Waals surface area contributed by atoms with Crippen LogP contribution in [0.2, 0.25) is 0 Å². The highest BCUT2D eigenvalue weighted by atomic mass is 16.4. The fourth-order valence-corrected chi connectivity index (χ4v) is 3.38. The standard InChI is InChI=1S/C16H28N2O3/c19-15(18-8-4-2-1-3-5-9-18)13-17-10-6-14(7-11-17)12-16(20)21/h14H,1-13H2,(H,20,21). The minimum Gasteiger partial charge on any atom is -0.481 e. The number of carboxylic acids is 1. The second-order valence-corrected chi connectivity index (χ2v) is 6.47. The van der Waals surface area contributed by atoms with Gasteiger partial charge in [-0.25, -0.2) is 0 Å². The first-order valence-electron chi connectivity index (χ1n) is 8.37. The predicted octanol–water partition coefficient (Wildman–Crippen LogP) is 1.97. The summed E-state index contributed by atoms with van der Waals surface area (Å²) in [6.45, 7) is 4.05. The van der Waals surface area contributed by atoms with Crippen LogP contribution >= 0.6 is 0 Å². The molecule has 2 saturated heterocycles. The molecule has 2 heterocycles. The molecule has 0 aromatic rings. The van der Waals surface area contributed by atoms with Crippen LogP contribution in [-0.2, 0) is 9.59 Å². The summed E-state index contributed by atoms with van der Waals surface area (Å²) in [6.07, 6.45) is 8.12. The molecule has 0 aromatic heterocycles. The molecular formula is C16H28N2O3. The van der Waals surface area contributed by atoms with Crippen molar-refractivity contribution in [3.05, 3.63) is 0 Å². The number of carboxylic acid groups (broad SMARTS) is 1. The Balaban J connectivity index is 1.71. The number of carbonyl (C=O) groups is 2. The van der Waals surface area contributed by atoms with E-state index in [4.69, 9.17) is 5.11 Å². The van der Waals surface area contributed by atoms with E-state index in [9.17, 15) is 9.59 Å². The molecule has 2 rings (SSSR count). The number of piperidine rings is 1. The molecule has 2 aliphatic rings. The summed E-state index contributed by atoms with van der Waals surface area (Å²) < 4.78 is 0. The molecule has 2 aliphatic heterocycles. The summed E-state index contributed by atoms with van der Waals surface area (Å²) in [5.41, 5.74) is 0. The molecule has 120 valence electrons. The number of rotatable bonds is 4. The van der Waals surface area contributed by atoms with Crippen molar-refractivity contribution in [2.75, 3.05) is 32.7 Å². The molecule has 1 amide bonds. The van der Waals surface area contributed by atoms with Crippen LogP contribution in [0.15, 0.2) is 0 Å². The maximum Gasteiger partial charge on any atom is 0.303 e. The first-order valence-corrected chi connectivity index (χ1v) is 8.37. The van der Waals surface area contributed by atoms with Crippen molar-refractivity contribution >= 4 is 11.9 Å². The quantitative estimate of drug-likeness (QED) is 0.861. The van der Waals surface area contributed by atoms with Crippen LogP contribution in [0, 0.1) is 5.92 Å². The number of amides is 1. The fourth-order valence-electron chi connectivity index (χ4n) is 3.38. The van der Waals surface area contributed by atoms with Gasteiger partial charge in [-0.2, -0.15) is 0 Å². The monoisotopic (exact) mass is 296 g/mol. The SMILES string of the molecule is O=C(O)CC1CCN(CC(=O)N2CCCCCCC2)CC1. The molecule has 5 heteroatoms. The Hall–Kier alpha value is -1.10. The number of carbonyl (C=O) groups excluding carboxylic acids is 1. The zero-order chi connectivity index (χ0) is 15.1. The number of aliphatic carboxylic acids is 1. The van der Waals surface area contributed by atoms with Gasteiger partial charge in [0.25, 0.3) is 0 Å². The van der Waals surface area contributed by atoms with Crippen LogP contribution in [0.1, 0.15) is 51.4 Å². The molecule has 0 aromatic carbocycles. The van der Waals surface area contributed by atoms with E-state index in [1.807, 2.05) is 4.90 Å². The highest BCUT2D eigenvalue weighted by Gasteiger charge is 2.24. The van der Waals surface area contributed by atoms with Crippen LogP contribution in [0.4, 0.5) is 0 Å². The largest absolute Gasteiger partial charge is 0.481 e. The van der Waals surface area contributed by atoms with Gasteiger partial charge in [0, 0.05) is 19.5 Å². The van der Waals surface area contributed by atoms with Crippen LogP contribution in [0.5, 0.6) is 0 Å².